The highest BCUT2D eigenvalue weighted by atomic mass is 16.4. The second-order valence-electron chi connectivity index (χ2n) is 9.68. The van der Waals surface area contributed by atoms with Gasteiger partial charge in [0.2, 0.25) is 0 Å². The van der Waals surface area contributed by atoms with Crippen molar-refractivity contribution in [3.63, 3.8) is 0 Å². The molecule has 3 atom stereocenters. The van der Waals surface area contributed by atoms with E-state index in [9.17, 15) is 10.0 Å². The van der Waals surface area contributed by atoms with Crippen molar-refractivity contribution < 1.29 is 15.1 Å². The number of hydrogen-bond acceptors (Lipinski definition) is 3. The molecule has 27 heavy (non-hydrogen) atoms. The van der Waals surface area contributed by atoms with Crippen molar-refractivity contribution in [3.8, 4) is 0 Å². The summed E-state index contributed by atoms with van der Waals surface area (Å²) >= 11 is 0. The third kappa shape index (κ3) is 3.54. The van der Waals surface area contributed by atoms with E-state index in [1.807, 2.05) is 0 Å². The number of allylic oxidation sites excluding steroid dienone is 2. The highest BCUT2D eigenvalue weighted by molar-refractivity contribution is 6.04. The number of rotatable bonds is 3. The van der Waals surface area contributed by atoms with Gasteiger partial charge < -0.3 is 10.3 Å². The molecule has 1 saturated carbocycles. The Labute approximate surface area is 162 Å². The van der Waals surface area contributed by atoms with Crippen molar-refractivity contribution in [1.82, 2.24) is 0 Å². The Morgan fingerprint density at radius 2 is 1.59 bits per heavy atom. The van der Waals surface area contributed by atoms with Crippen molar-refractivity contribution in [2.24, 2.45) is 33.7 Å². The first-order chi connectivity index (χ1) is 12.6. The topological polar surface area (TPSA) is 69.9 Å². The lowest BCUT2D eigenvalue weighted by atomic mass is 9.50. The number of carbonyl (C=O) groups is 1. The molecule has 2 aliphatic rings. The normalized spacial score (nSPS) is 29.6. The van der Waals surface area contributed by atoms with E-state index >= 15 is 0 Å². The maximum absolute atomic E-state index is 11.1. The average Bonchev–Trinajstić information content (AvgIpc) is 2.61. The Hall–Kier alpha value is -2.10. The molecular weight excluding hydrogens is 338 g/mol. The van der Waals surface area contributed by atoms with Crippen LogP contribution in [-0.2, 0) is 0 Å². The van der Waals surface area contributed by atoms with Crippen molar-refractivity contribution in [1.29, 1.82) is 0 Å². The van der Waals surface area contributed by atoms with Crippen LogP contribution in [0.15, 0.2) is 41.1 Å². The van der Waals surface area contributed by atoms with Crippen LogP contribution < -0.4 is 0 Å². The number of aromatic carboxylic acids is 1. The molecule has 1 aromatic rings. The molecule has 0 heterocycles. The fourth-order valence-electron chi connectivity index (χ4n) is 5.11. The van der Waals surface area contributed by atoms with E-state index in [-0.39, 0.29) is 22.3 Å². The lowest BCUT2D eigenvalue weighted by Crippen LogP contribution is -2.47. The molecule has 4 heteroatoms. The van der Waals surface area contributed by atoms with E-state index in [2.05, 4.69) is 45.9 Å². The van der Waals surface area contributed by atoms with Gasteiger partial charge in [0.05, 0.1) is 11.3 Å². The monoisotopic (exact) mass is 369 g/mol. The minimum atomic E-state index is -0.952. The molecule has 0 saturated heterocycles. The molecule has 0 bridgehead atoms. The Bertz CT molecular complexity index is 786. The molecule has 0 spiro atoms. The van der Waals surface area contributed by atoms with Crippen molar-refractivity contribution in [3.05, 3.63) is 47.0 Å². The zero-order valence-corrected chi connectivity index (χ0v) is 17.0. The molecule has 2 aliphatic carbocycles. The zero-order valence-electron chi connectivity index (χ0n) is 17.0. The van der Waals surface area contributed by atoms with Crippen LogP contribution in [-0.4, -0.2) is 22.0 Å². The van der Waals surface area contributed by atoms with E-state index in [1.165, 1.54) is 18.4 Å². The van der Waals surface area contributed by atoms with Gasteiger partial charge in [-0.1, -0.05) is 56.6 Å². The standard InChI is InChI=1S/C23H31NO3/c1-14-12-18-19(23(4,5)11-10-22(18,2)3)13-17(14)20(24-27)15-6-8-16(9-7-15)21(25)26/h6-9,12,17-19,27H,10-11,13H2,1-5H3,(H,25,26)/b24-20+. The Morgan fingerprint density at radius 1 is 1.04 bits per heavy atom. The molecule has 0 radical (unpaired) electrons. The lowest BCUT2D eigenvalue weighted by molar-refractivity contribution is -0.00735. The molecule has 0 aromatic heterocycles. The fraction of sp³-hybridized carbons (Fsp3) is 0.565. The van der Waals surface area contributed by atoms with Gasteiger partial charge in [-0.2, -0.15) is 0 Å². The van der Waals surface area contributed by atoms with Crippen molar-refractivity contribution >= 4 is 11.7 Å². The van der Waals surface area contributed by atoms with E-state index in [4.69, 9.17) is 5.11 Å². The molecule has 146 valence electrons. The van der Waals surface area contributed by atoms with Crippen LogP contribution >= 0.6 is 0 Å². The fourth-order valence-corrected chi connectivity index (χ4v) is 5.11. The van der Waals surface area contributed by atoms with Gasteiger partial charge in [-0.15, -0.1) is 0 Å². The average molecular weight is 370 g/mol. The van der Waals surface area contributed by atoms with Crippen LogP contribution in [0.4, 0.5) is 0 Å². The quantitative estimate of drug-likeness (QED) is 0.315. The summed E-state index contributed by atoms with van der Waals surface area (Å²) in [5, 5.41) is 22.6. The number of nitrogens with zero attached hydrogens (tertiary/aromatic N) is 1. The Kier molecular flexibility index (Phi) is 4.96. The molecule has 4 nitrogen and oxygen atoms in total. The minimum Gasteiger partial charge on any atom is -0.478 e. The summed E-state index contributed by atoms with van der Waals surface area (Å²) in [5.41, 5.74) is 3.44. The predicted molar refractivity (Wildman–Crippen MR) is 107 cm³/mol. The predicted octanol–water partition coefficient (Wildman–Crippen LogP) is 5.61. The zero-order chi connectivity index (χ0) is 20.0. The SMILES string of the molecule is CC1=CC2C(CC1/C(=N/O)c1ccc(C(=O)O)cc1)C(C)(C)CCC2(C)C. The Balaban J connectivity index is 1.97. The van der Waals surface area contributed by atoms with Crippen LogP contribution in [0.5, 0.6) is 0 Å². The third-order valence-corrected chi connectivity index (χ3v) is 7.10. The second kappa shape index (κ2) is 6.81. The van der Waals surface area contributed by atoms with Crippen molar-refractivity contribution in [2.75, 3.05) is 0 Å². The summed E-state index contributed by atoms with van der Waals surface area (Å²) < 4.78 is 0. The second-order valence-corrected chi connectivity index (χ2v) is 9.68. The number of benzene rings is 1. The molecule has 3 unspecified atom stereocenters. The number of hydrogen-bond donors (Lipinski definition) is 2. The van der Waals surface area contributed by atoms with E-state index in [0.29, 0.717) is 17.5 Å². The number of carboxylic acid groups (broad SMARTS) is 1. The maximum atomic E-state index is 11.1. The highest BCUT2D eigenvalue weighted by Gasteiger charge is 2.49. The number of carboxylic acids is 1. The van der Waals surface area contributed by atoms with E-state index in [0.717, 1.165) is 12.0 Å². The van der Waals surface area contributed by atoms with Crippen LogP contribution in [0, 0.1) is 28.6 Å². The largest absolute Gasteiger partial charge is 0.478 e. The van der Waals surface area contributed by atoms with E-state index < -0.39 is 5.97 Å². The summed E-state index contributed by atoms with van der Waals surface area (Å²) in [6, 6.07) is 6.63. The van der Waals surface area contributed by atoms with Gasteiger partial charge in [0.1, 0.15) is 0 Å². The van der Waals surface area contributed by atoms with Crippen LogP contribution in [0.25, 0.3) is 0 Å². The Morgan fingerprint density at radius 3 is 2.15 bits per heavy atom. The first kappa shape index (κ1) is 19.7. The van der Waals surface area contributed by atoms with Gasteiger partial charge in [-0.25, -0.2) is 4.79 Å². The van der Waals surface area contributed by atoms with Crippen LogP contribution in [0.3, 0.4) is 0 Å². The molecule has 1 fully saturated rings. The van der Waals surface area contributed by atoms with Crippen LogP contribution in [0.2, 0.25) is 0 Å². The minimum absolute atomic E-state index is 0.0557. The summed E-state index contributed by atoms with van der Waals surface area (Å²) in [6.45, 7) is 11.6. The van der Waals surface area contributed by atoms with Gasteiger partial charge in [-0.3, -0.25) is 0 Å². The summed E-state index contributed by atoms with van der Waals surface area (Å²) in [7, 11) is 0. The van der Waals surface area contributed by atoms with Gasteiger partial charge in [0, 0.05) is 5.92 Å². The smallest absolute Gasteiger partial charge is 0.335 e. The van der Waals surface area contributed by atoms with Crippen LogP contribution in [0.1, 0.15) is 69.8 Å². The summed E-state index contributed by atoms with van der Waals surface area (Å²) in [5.74, 6) is 0.170. The van der Waals surface area contributed by atoms with Gasteiger partial charge in [0.25, 0.3) is 0 Å². The van der Waals surface area contributed by atoms with Gasteiger partial charge in [-0.05, 0) is 66.5 Å². The third-order valence-electron chi connectivity index (χ3n) is 7.10. The first-order valence-corrected chi connectivity index (χ1v) is 9.81. The van der Waals surface area contributed by atoms with Gasteiger partial charge in [0.15, 0.2) is 0 Å². The molecule has 1 aromatic carbocycles. The molecule has 0 amide bonds. The maximum Gasteiger partial charge on any atom is 0.335 e. The molecule has 3 rings (SSSR count). The summed E-state index contributed by atoms with van der Waals surface area (Å²) in [4.78, 5) is 11.1. The van der Waals surface area contributed by atoms with E-state index in [1.54, 1.807) is 24.3 Å². The first-order valence-electron chi connectivity index (χ1n) is 9.81. The molecule has 2 N–H and O–H groups in total. The molecular formula is C23H31NO3. The highest BCUT2D eigenvalue weighted by Crippen LogP contribution is 2.57. The lowest BCUT2D eigenvalue weighted by Gasteiger charge is -2.54. The molecule has 0 aliphatic heterocycles. The summed E-state index contributed by atoms with van der Waals surface area (Å²) in [6.07, 6.45) is 5.81. The number of oxime groups is 1. The van der Waals surface area contributed by atoms with Gasteiger partial charge >= 0.3 is 5.97 Å². The van der Waals surface area contributed by atoms with Crippen molar-refractivity contribution in [2.45, 2.75) is 53.9 Å². The number of fused-ring (bicyclic) bond motifs is 1.